The minimum absolute atomic E-state index is 0.782. The van der Waals surface area contributed by atoms with Crippen LogP contribution < -0.4 is 4.80 Å². The Morgan fingerprint density at radius 2 is 1.59 bits per heavy atom. The molecule has 0 bridgehead atoms. The van der Waals surface area contributed by atoms with E-state index in [1.165, 1.54) is 21.3 Å². The third kappa shape index (κ3) is 4.07. The topological polar surface area (TPSA) is 29.6 Å². The number of benzene rings is 3. The first kappa shape index (κ1) is 17.4. The van der Waals surface area contributed by atoms with Gasteiger partial charge in [0.2, 0.25) is 4.80 Å². The molecule has 0 amide bonds. The summed E-state index contributed by atoms with van der Waals surface area (Å²) in [6.07, 6.45) is 2.86. The minimum atomic E-state index is 0.782. The maximum absolute atomic E-state index is 4.53. The Morgan fingerprint density at radius 1 is 0.852 bits per heavy atom. The van der Waals surface area contributed by atoms with E-state index in [4.69, 9.17) is 0 Å². The van der Waals surface area contributed by atoms with E-state index in [2.05, 4.69) is 94.5 Å². The summed E-state index contributed by atoms with van der Waals surface area (Å²) in [6.45, 7) is 2.94. The first-order chi connectivity index (χ1) is 13.3. The summed E-state index contributed by atoms with van der Waals surface area (Å²) in [5.41, 5.74) is 4.83. The van der Waals surface area contributed by atoms with Crippen LogP contribution in [0.5, 0.6) is 0 Å². The molecule has 1 aromatic heterocycles. The smallest absolute Gasteiger partial charge is 0.211 e. The maximum Gasteiger partial charge on any atom is 0.211 e. The van der Waals surface area contributed by atoms with E-state index in [-0.39, 0.29) is 0 Å². The molecule has 0 atom stereocenters. The zero-order chi connectivity index (χ0) is 18.5. The summed E-state index contributed by atoms with van der Waals surface area (Å²) in [5, 5.41) is 8.88. The summed E-state index contributed by atoms with van der Waals surface area (Å²) < 4.78 is 3.45. The van der Waals surface area contributed by atoms with Crippen LogP contribution in [0.4, 0.5) is 0 Å². The van der Waals surface area contributed by atoms with Gasteiger partial charge in [-0.15, -0.1) is 5.10 Å². The Bertz CT molecular complexity index is 1120. The zero-order valence-corrected chi connectivity index (χ0v) is 16.1. The van der Waals surface area contributed by atoms with Gasteiger partial charge in [0.25, 0.3) is 0 Å². The first-order valence-electron chi connectivity index (χ1n) is 9.12. The molecular weight excluding hydrogens is 350 g/mol. The zero-order valence-electron chi connectivity index (χ0n) is 15.2. The van der Waals surface area contributed by atoms with E-state index in [1.807, 2.05) is 12.3 Å². The highest BCUT2D eigenvalue weighted by Gasteiger charge is 2.06. The number of fused-ring (bicyclic) bond motifs is 1. The molecular formula is C23H21N3S. The number of nitrogens with zero attached hydrogens (tertiary/aromatic N) is 3. The fraction of sp³-hybridized carbons (Fsp3) is 0.130. The monoisotopic (exact) mass is 371 g/mol. The fourth-order valence-electron chi connectivity index (χ4n) is 3.00. The average molecular weight is 372 g/mol. The van der Waals surface area contributed by atoms with E-state index in [0.717, 1.165) is 23.3 Å². The Labute approximate surface area is 163 Å². The van der Waals surface area contributed by atoms with Crippen LogP contribution in [0.15, 0.2) is 89.1 Å². The molecule has 0 spiro atoms. The molecule has 3 nitrogen and oxygen atoms in total. The molecule has 3 aromatic carbocycles. The maximum atomic E-state index is 4.53. The number of thiazole rings is 1. The number of aryl methyl sites for hydroxylation is 1. The second-order valence-corrected chi connectivity index (χ2v) is 7.37. The van der Waals surface area contributed by atoms with Crippen molar-refractivity contribution in [3.05, 3.63) is 100 Å². The number of hydrogen-bond donors (Lipinski definition) is 0. The van der Waals surface area contributed by atoms with Crippen LogP contribution in [0.3, 0.4) is 0 Å². The summed E-state index contributed by atoms with van der Waals surface area (Å²) >= 11 is 1.67. The number of rotatable bonds is 5. The van der Waals surface area contributed by atoms with Crippen molar-refractivity contribution in [1.82, 2.24) is 4.57 Å². The molecule has 0 saturated carbocycles. The minimum Gasteiger partial charge on any atom is -0.311 e. The van der Waals surface area contributed by atoms with Crippen LogP contribution in [0.25, 0.3) is 10.2 Å². The van der Waals surface area contributed by atoms with Gasteiger partial charge in [0.05, 0.1) is 23.0 Å². The van der Waals surface area contributed by atoms with Gasteiger partial charge in [-0.1, -0.05) is 85.0 Å². The summed E-state index contributed by atoms with van der Waals surface area (Å²) in [7, 11) is 0. The molecule has 4 rings (SSSR count). The fourth-order valence-corrected chi connectivity index (χ4v) is 3.99. The van der Waals surface area contributed by atoms with Gasteiger partial charge in [-0.05, 0) is 35.2 Å². The highest BCUT2D eigenvalue weighted by atomic mass is 32.1. The van der Waals surface area contributed by atoms with Gasteiger partial charge in [0, 0.05) is 0 Å². The van der Waals surface area contributed by atoms with Crippen LogP contribution in [0, 0.1) is 0 Å². The molecule has 0 N–H and O–H groups in total. The SMILES string of the molecule is CCc1ccc(/C=N/N=c2\sc3ccccc3n2Cc2ccccc2)cc1. The predicted octanol–water partition coefficient (Wildman–Crippen LogP) is 5.25. The van der Waals surface area contributed by atoms with Crippen molar-refractivity contribution >= 4 is 27.8 Å². The van der Waals surface area contributed by atoms with Crippen molar-refractivity contribution in [2.24, 2.45) is 10.2 Å². The third-order valence-electron chi connectivity index (χ3n) is 4.51. The van der Waals surface area contributed by atoms with Gasteiger partial charge < -0.3 is 4.57 Å². The Hall–Kier alpha value is -2.98. The molecule has 0 aliphatic heterocycles. The molecule has 4 aromatic rings. The lowest BCUT2D eigenvalue weighted by Gasteiger charge is -2.04. The predicted molar refractivity (Wildman–Crippen MR) is 114 cm³/mol. The van der Waals surface area contributed by atoms with Crippen molar-refractivity contribution in [3.63, 3.8) is 0 Å². The van der Waals surface area contributed by atoms with Crippen LogP contribution in [-0.4, -0.2) is 10.8 Å². The second kappa shape index (κ2) is 8.14. The first-order valence-corrected chi connectivity index (χ1v) is 9.93. The van der Waals surface area contributed by atoms with Gasteiger partial charge >= 0.3 is 0 Å². The van der Waals surface area contributed by atoms with E-state index in [9.17, 15) is 0 Å². The number of para-hydroxylation sites is 1. The van der Waals surface area contributed by atoms with Crippen molar-refractivity contribution in [1.29, 1.82) is 0 Å². The molecule has 0 fully saturated rings. The molecule has 134 valence electrons. The number of hydrogen-bond acceptors (Lipinski definition) is 3. The van der Waals surface area contributed by atoms with Gasteiger partial charge in [0.1, 0.15) is 0 Å². The van der Waals surface area contributed by atoms with E-state index in [0.29, 0.717) is 0 Å². The van der Waals surface area contributed by atoms with Gasteiger partial charge in [-0.3, -0.25) is 0 Å². The third-order valence-corrected chi connectivity index (χ3v) is 5.56. The Morgan fingerprint density at radius 3 is 2.37 bits per heavy atom. The normalized spacial score (nSPS) is 12.3. The quantitative estimate of drug-likeness (QED) is 0.339. The van der Waals surface area contributed by atoms with Crippen molar-refractivity contribution < 1.29 is 0 Å². The lowest BCUT2D eigenvalue weighted by Crippen LogP contribution is -2.15. The second-order valence-electron chi connectivity index (χ2n) is 6.36. The van der Waals surface area contributed by atoms with Crippen LogP contribution in [0.2, 0.25) is 0 Å². The molecule has 4 heteroatoms. The Balaban J connectivity index is 1.70. The standard InChI is InChI=1S/C23H21N3S/c1-2-18-12-14-19(15-13-18)16-24-25-23-26(17-20-8-4-3-5-9-20)21-10-6-7-11-22(21)27-23/h3-16H,2,17H2,1H3/b24-16+,25-23-. The van der Waals surface area contributed by atoms with Crippen LogP contribution in [-0.2, 0) is 13.0 Å². The molecule has 27 heavy (non-hydrogen) atoms. The highest BCUT2D eigenvalue weighted by Crippen LogP contribution is 2.18. The molecule has 0 radical (unpaired) electrons. The molecule has 0 aliphatic carbocycles. The highest BCUT2D eigenvalue weighted by molar-refractivity contribution is 7.16. The van der Waals surface area contributed by atoms with E-state index >= 15 is 0 Å². The van der Waals surface area contributed by atoms with Crippen LogP contribution >= 0.6 is 11.3 Å². The number of aromatic nitrogens is 1. The lowest BCUT2D eigenvalue weighted by atomic mass is 10.1. The lowest BCUT2D eigenvalue weighted by molar-refractivity contribution is 0.789. The molecule has 0 unspecified atom stereocenters. The summed E-state index contributed by atoms with van der Waals surface area (Å²) in [5.74, 6) is 0. The largest absolute Gasteiger partial charge is 0.311 e. The van der Waals surface area contributed by atoms with Crippen LogP contribution in [0.1, 0.15) is 23.6 Å². The Kier molecular flexibility index (Phi) is 5.26. The molecule has 1 heterocycles. The van der Waals surface area contributed by atoms with E-state index < -0.39 is 0 Å². The van der Waals surface area contributed by atoms with Crippen molar-refractivity contribution in [3.8, 4) is 0 Å². The molecule has 0 saturated heterocycles. The average Bonchev–Trinajstić information content (AvgIpc) is 3.07. The summed E-state index contributed by atoms with van der Waals surface area (Å²) in [4.78, 5) is 0.904. The van der Waals surface area contributed by atoms with E-state index in [1.54, 1.807) is 11.3 Å². The van der Waals surface area contributed by atoms with Gasteiger partial charge in [0.15, 0.2) is 0 Å². The van der Waals surface area contributed by atoms with Crippen molar-refractivity contribution in [2.75, 3.05) is 0 Å². The van der Waals surface area contributed by atoms with Gasteiger partial charge in [-0.25, -0.2) is 0 Å². The molecule has 0 aliphatic rings. The van der Waals surface area contributed by atoms with Crippen molar-refractivity contribution in [2.45, 2.75) is 19.9 Å². The van der Waals surface area contributed by atoms with Gasteiger partial charge in [-0.2, -0.15) is 5.10 Å². The summed E-state index contributed by atoms with van der Waals surface area (Å²) in [6, 6.07) is 27.3.